The van der Waals surface area contributed by atoms with Crippen molar-refractivity contribution in [3.63, 3.8) is 0 Å². The third-order valence-corrected chi connectivity index (χ3v) is 6.32. The molecular formula is C25H22ClN3O3S. The largest absolute Gasteiger partial charge is 0.466 e. The molecule has 0 aliphatic heterocycles. The summed E-state index contributed by atoms with van der Waals surface area (Å²) >= 11 is 8.07. The Labute approximate surface area is 200 Å². The second-order valence-corrected chi connectivity index (χ2v) is 8.69. The molecule has 3 aromatic carbocycles. The van der Waals surface area contributed by atoms with E-state index in [2.05, 4.69) is 15.6 Å². The zero-order chi connectivity index (χ0) is 23.2. The van der Waals surface area contributed by atoms with Gasteiger partial charge >= 0.3 is 12.0 Å². The van der Waals surface area contributed by atoms with E-state index >= 15 is 0 Å². The van der Waals surface area contributed by atoms with E-state index in [1.54, 1.807) is 30.4 Å². The van der Waals surface area contributed by atoms with Crippen molar-refractivity contribution >= 4 is 50.8 Å². The molecule has 4 rings (SSSR count). The second-order valence-electron chi connectivity index (χ2n) is 7.25. The van der Waals surface area contributed by atoms with Crippen molar-refractivity contribution in [1.82, 2.24) is 10.3 Å². The number of ether oxygens (including phenoxy) is 1. The van der Waals surface area contributed by atoms with Gasteiger partial charge in [-0.25, -0.2) is 9.78 Å². The number of carbonyl (C=O) groups excluding carboxylic acids is 2. The molecule has 168 valence electrons. The van der Waals surface area contributed by atoms with Crippen LogP contribution in [0.1, 0.15) is 24.9 Å². The summed E-state index contributed by atoms with van der Waals surface area (Å²) in [5.74, 6) is -0.380. The molecule has 0 saturated heterocycles. The van der Waals surface area contributed by atoms with Crippen LogP contribution in [0.2, 0.25) is 5.02 Å². The molecule has 0 bridgehead atoms. The summed E-state index contributed by atoms with van der Waals surface area (Å²) in [6, 6.07) is 21.5. The first-order chi connectivity index (χ1) is 16.0. The minimum Gasteiger partial charge on any atom is -0.466 e. The fourth-order valence-corrected chi connectivity index (χ4v) is 4.73. The van der Waals surface area contributed by atoms with Crippen molar-refractivity contribution in [3.05, 3.63) is 83.4 Å². The summed E-state index contributed by atoms with van der Waals surface area (Å²) in [4.78, 5) is 29.4. The number of aromatic nitrogens is 1. The van der Waals surface area contributed by atoms with Crippen molar-refractivity contribution in [2.24, 2.45) is 0 Å². The number of hydrogen-bond donors (Lipinski definition) is 2. The summed E-state index contributed by atoms with van der Waals surface area (Å²) in [5.41, 5.74) is 3.06. The molecule has 0 saturated carbocycles. The Morgan fingerprint density at radius 1 is 1.06 bits per heavy atom. The molecule has 0 unspecified atom stereocenters. The van der Waals surface area contributed by atoms with Gasteiger partial charge in [0.2, 0.25) is 0 Å². The van der Waals surface area contributed by atoms with Crippen molar-refractivity contribution in [3.8, 4) is 10.6 Å². The Balaban J connectivity index is 1.47. The third-order valence-electron chi connectivity index (χ3n) is 4.93. The predicted molar refractivity (Wildman–Crippen MR) is 133 cm³/mol. The summed E-state index contributed by atoms with van der Waals surface area (Å²) in [5, 5.41) is 6.94. The van der Waals surface area contributed by atoms with Gasteiger partial charge in [-0.1, -0.05) is 54.1 Å². The molecule has 8 heteroatoms. The Morgan fingerprint density at radius 2 is 1.82 bits per heavy atom. The van der Waals surface area contributed by atoms with Gasteiger partial charge in [0.25, 0.3) is 0 Å². The van der Waals surface area contributed by atoms with Gasteiger partial charge in [0.05, 0.1) is 34.3 Å². The third kappa shape index (κ3) is 5.69. The first-order valence-electron chi connectivity index (χ1n) is 10.5. The van der Waals surface area contributed by atoms with E-state index in [4.69, 9.17) is 16.3 Å². The van der Waals surface area contributed by atoms with E-state index < -0.39 is 12.1 Å². The first kappa shape index (κ1) is 22.8. The summed E-state index contributed by atoms with van der Waals surface area (Å²) in [6.45, 7) is 2.03. The monoisotopic (exact) mass is 479 g/mol. The maximum absolute atomic E-state index is 12.7. The smallest absolute Gasteiger partial charge is 0.319 e. The van der Waals surface area contributed by atoms with Gasteiger partial charge in [-0.15, -0.1) is 11.3 Å². The summed E-state index contributed by atoms with van der Waals surface area (Å²) in [7, 11) is 0. The number of fused-ring (bicyclic) bond motifs is 1. The normalized spacial score (nSPS) is 11.7. The standard InChI is InChI=1S/C25H22ClN3O3S/c1-2-32-23(30)15-21(16-8-4-3-5-9-16)29-25(31)27-17-12-13-18(19(26)14-17)24-28-20-10-6-7-11-22(20)33-24/h3-14,21H,2,15H2,1H3,(H2,27,29,31)/t21-/m1/s1. The zero-order valence-corrected chi connectivity index (χ0v) is 19.5. The van der Waals surface area contributed by atoms with Crippen LogP contribution in [0.15, 0.2) is 72.8 Å². The molecule has 1 aromatic heterocycles. The molecule has 4 aromatic rings. The number of halogens is 1. The van der Waals surface area contributed by atoms with Crippen LogP contribution in [0.25, 0.3) is 20.8 Å². The van der Waals surface area contributed by atoms with Crippen LogP contribution in [-0.4, -0.2) is 23.6 Å². The highest BCUT2D eigenvalue weighted by atomic mass is 35.5. The first-order valence-corrected chi connectivity index (χ1v) is 11.7. The number of nitrogens with zero attached hydrogens (tertiary/aromatic N) is 1. The molecule has 33 heavy (non-hydrogen) atoms. The van der Waals surface area contributed by atoms with Crippen molar-refractivity contribution in [1.29, 1.82) is 0 Å². The number of hydrogen-bond acceptors (Lipinski definition) is 5. The van der Waals surface area contributed by atoms with Gasteiger partial charge in [-0.2, -0.15) is 0 Å². The maximum atomic E-state index is 12.7. The average molecular weight is 480 g/mol. The molecule has 0 fully saturated rings. The number of urea groups is 1. The molecule has 1 atom stereocenters. The van der Waals surface area contributed by atoms with Crippen LogP contribution in [-0.2, 0) is 9.53 Å². The highest BCUT2D eigenvalue weighted by Gasteiger charge is 2.19. The molecule has 0 radical (unpaired) electrons. The molecule has 0 spiro atoms. The van der Waals surface area contributed by atoms with Crippen LogP contribution in [0, 0.1) is 0 Å². The van der Waals surface area contributed by atoms with Crippen LogP contribution in [0.5, 0.6) is 0 Å². The van der Waals surface area contributed by atoms with Crippen molar-refractivity contribution in [2.75, 3.05) is 11.9 Å². The lowest BCUT2D eigenvalue weighted by atomic mass is 10.0. The predicted octanol–water partition coefficient (Wildman–Crippen LogP) is 6.43. The number of esters is 1. The van der Waals surface area contributed by atoms with Gasteiger partial charge in [0, 0.05) is 11.3 Å². The van der Waals surface area contributed by atoms with Crippen LogP contribution in [0.4, 0.5) is 10.5 Å². The molecule has 6 nitrogen and oxygen atoms in total. The molecule has 1 heterocycles. The lowest BCUT2D eigenvalue weighted by Gasteiger charge is -2.19. The molecular weight excluding hydrogens is 458 g/mol. The fourth-order valence-electron chi connectivity index (χ4n) is 3.40. The van der Waals surface area contributed by atoms with Crippen LogP contribution >= 0.6 is 22.9 Å². The minimum absolute atomic E-state index is 0.0303. The highest BCUT2D eigenvalue weighted by Crippen LogP contribution is 2.35. The fraction of sp³-hybridized carbons (Fsp3) is 0.160. The van der Waals surface area contributed by atoms with E-state index in [0.717, 1.165) is 26.4 Å². The van der Waals surface area contributed by atoms with E-state index in [9.17, 15) is 9.59 Å². The number of benzene rings is 3. The van der Waals surface area contributed by atoms with E-state index in [1.807, 2.05) is 60.7 Å². The Kier molecular flexibility index (Phi) is 7.22. The molecule has 2 N–H and O–H groups in total. The zero-order valence-electron chi connectivity index (χ0n) is 17.9. The molecule has 0 aliphatic rings. The average Bonchev–Trinajstić information content (AvgIpc) is 3.23. The number of amides is 2. The van der Waals surface area contributed by atoms with Crippen molar-refractivity contribution < 1.29 is 14.3 Å². The summed E-state index contributed by atoms with van der Waals surface area (Å²) < 4.78 is 6.14. The second kappa shape index (κ2) is 10.5. The topological polar surface area (TPSA) is 80.3 Å². The van der Waals surface area contributed by atoms with E-state index in [-0.39, 0.29) is 19.0 Å². The molecule has 2 amide bonds. The van der Waals surface area contributed by atoms with Gasteiger partial charge in [-0.3, -0.25) is 4.79 Å². The quantitative estimate of drug-likeness (QED) is 0.299. The van der Waals surface area contributed by atoms with Crippen LogP contribution in [0.3, 0.4) is 0 Å². The Bertz CT molecular complexity index is 1240. The maximum Gasteiger partial charge on any atom is 0.319 e. The van der Waals surface area contributed by atoms with Crippen molar-refractivity contribution in [2.45, 2.75) is 19.4 Å². The Morgan fingerprint density at radius 3 is 2.55 bits per heavy atom. The lowest BCUT2D eigenvalue weighted by molar-refractivity contribution is -0.143. The van der Waals surface area contributed by atoms with Gasteiger partial charge in [0.1, 0.15) is 5.01 Å². The highest BCUT2D eigenvalue weighted by molar-refractivity contribution is 7.21. The number of carbonyl (C=O) groups is 2. The number of rotatable bonds is 7. The van der Waals surface area contributed by atoms with E-state index in [1.165, 1.54) is 0 Å². The SMILES string of the molecule is CCOC(=O)C[C@@H](NC(=O)Nc1ccc(-c2nc3ccccc3s2)c(Cl)c1)c1ccccc1. The number of anilines is 1. The Hall–Kier alpha value is -3.42. The minimum atomic E-state index is -0.525. The van der Waals surface area contributed by atoms with Crippen LogP contribution < -0.4 is 10.6 Å². The lowest BCUT2D eigenvalue weighted by Crippen LogP contribution is -2.34. The number of nitrogens with one attached hydrogen (secondary N) is 2. The molecule has 0 aliphatic carbocycles. The summed E-state index contributed by atoms with van der Waals surface area (Å²) in [6.07, 6.45) is 0.0303. The van der Waals surface area contributed by atoms with Gasteiger partial charge < -0.3 is 15.4 Å². The number of thiazole rings is 1. The van der Waals surface area contributed by atoms with E-state index in [0.29, 0.717) is 10.7 Å². The van der Waals surface area contributed by atoms with Gasteiger partial charge in [-0.05, 0) is 42.8 Å². The van der Waals surface area contributed by atoms with Gasteiger partial charge in [0.15, 0.2) is 0 Å². The number of para-hydroxylation sites is 1.